The van der Waals surface area contributed by atoms with Crippen LogP contribution in [0.15, 0.2) is 18.2 Å². The predicted octanol–water partition coefficient (Wildman–Crippen LogP) is 2.29. The van der Waals surface area contributed by atoms with E-state index in [4.69, 9.17) is 11.5 Å². The van der Waals surface area contributed by atoms with Gasteiger partial charge in [-0.05, 0) is 57.6 Å². The first-order chi connectivity index (χ1) is 9.97. The van der Waals surface area contributed by atoms with Crippen molar-refractivity contribution < 1.29 is 4.79 Å². The summed E-state index contributed by atoms with van der Waals surface area (Å²) < 4.78 is 0. The average Bonchev–Trinajstić information content (AvgIpc) is 2.45. The van der Waals surface area contributed by atoms with E-state index in [0.29, 0.717) is 17.3 Å². The van der Waals surface area contributed by atoms with Crippen molar-refractivity contribution in [2.45, 2.75) is 39.7 Å². The van der Waals surface area contributed by atoms with E-state index in [0.717, 1.165) is 38.2 Å². The molecule has 0 radical (unpaired) electrons. The fourth-order valence-electron chi connectivity index (χ4n) is 2.35. The smallest absolute Gasteiger partial charge is 0.248 e. The van der Waals surface area contributed by atoms with Crippen molar-refractivity contribution in [1.29, 1.82) is 0 Å². The summed E-state index contributed by atoms with van der Waals surface area (Å²) in [6.45, 7) is 9.83. The molecule has 1 aromatic rings. The minimum absolute atomic E-state index is 0.335. The van der Waals surface area contributed by atoms with Crippen molar-refractivity contribution in [2.75, 3.05) is 30.7 Å². The first-order valence-corrected chi connectivity index (χ1v) is 7.66. The number of nitrogen functional groups attached to an aromatic ring is 1. The highest BCUT2D eigenvalue weighted by Crippen LogP contribution is 2.21. The second kappa shape index (κ2) is 8.52. The summed E-state index contributed by atoms with van der Waals surface area (Å²) in [7, 11) is 0. The molecule has 0 aliphatic rings. The lowest BCUT2D eigenvalue weighted by Gasteiger charge is -2.21. The van der Waals surface area contributed by atoms with Crippen LogP contribution >= 0.6 is 0 Å². The second-order valence-electron chi connectivity index (χ2n) is 5.38. The first kappa shape index (κ1) is 17.3. The van der Waals surface area contributed by atoms with E-state index < -0.39 is 5.91 Å². The maximum Gasteiger partial charge on any atom is 0.248 e. The number of carbonyl (C=O) groups is 1. The molecule has 0 spiro atoms. The van der Waals surface area contributed by atoms with Gasteiger partial charge < -0.3 is 21.7 Å². The summed E-state index contributed by atoms with van der Waals surface area (Å²) in [5.41, 5.74) is 13.0. The van der Waals surface area contributed by atoms with E-state index >= 15 is 0 Å². The van der Waals surface area contributed by atoms with Gasteiger partial charge in [-0.3, -0.25) is 4.79 Å². The Hall–Kier alpha value is -1.75. The summed E-state index contributed by atoms with van der Waals surface area (Å²) in [6, 6.07) is 5.47. The number of hydrogen-bond acceptors (Lipinski definition) is 4. The van der Waals surface area contributed by atoms with Crippen LogP contribution in [0.4, 0.5) is 11.4 Å². The van der Waals surface area contributed by atoms with E-state index in [1.54, 1.807) is 12.1 Å². The van der Waals surface area contributed by atoms with Crippen LogP contribution in [0.3, 0.4) is 0 Å². The highest BCUT2D eigenvalue weighted by atomic mass is 16.1. The Balaban J connectivity index is 2.47. The highest BCUT2D eigenvalue weighted by Gasteiger charge is 2.08. The van der Waals surface area contributed by atoms with Crippen LogP contribution in [0, 0.1) is 0 Å². The van der Waals surface area contributed by atoms with Crippen LogP contribution in [0.2, 0.25) is 0 Å². The molecule has 1 rings (SSSR count). The minimum Gasteiger partial charge on any atom is -0.397 e. The Bertz CT molecular complexity index is 458. The lowest BCUT2D eigenvalue weighted by molar-refractivity contribution is 0.100. The summed E-state index contributed by atoms with van der Waals surface area (Å²) in [4.78, 5) is 13.5. The van der Waals surface area contributed by atoms with E-state index in [1.165, 1.54) is 0 Å². The standard InChI is InChI=1S/C16H28N4O/c1-4-20(5-2)10-6-7-12(3)19-15-9-8-13(16(18)21)11-14(15)17/h8-9,11-12,19H,4-7,10,17H2,1-3H3,(H2,18,21). The largest absolute Gasteiger partial charge is 0.397 e. The Labute approximate surface area is 127 Å². The Morgan fingerprint density at radius 2 is 2.00 bits per heavy atom. The molecule has 0 aliphatic carbocycles. The zero-order chi connectivity index (χ0) is 15.8. The molecule has 0 aromatic heterocycles. The molecule has 0 heterocycles. The van der Waals surface area contributed by atoms with Crippen LogP contribution in [-0.2, 0) is 0 Å². The molecule has 118 valence electrons. The molecular weight excluding hydrogens is 264 g/mol. The fraction of sp³-hybridized carbons (Fsp3) is 0.562. The van der Waals surface area contributed by atoms with Gasteiger partial charge in [0, 0.05) is 11.6 Å². The van der Waals surface area contributed by atoms with Gasteiger partial charge in [0.05, 0.1) is 11.4 Å². The van der Waals surface area contributed by atoms with Gasteiger partial charge in [-0.15, -0.1) is 0 Å². The lowest BCUT2D eigenvalue weighted by atomic mass is 10.1. The molecule has 0 saturated heterocycles. The third kappa shape index (κ3) is 5.63. The van der Waals surface area contributed by atoms with Crippen molar-refractivity contribution in [3.63, 3.8) is 0 Å². The summed E-state index contributed by atoms with van der Waals surface area (Å²) in [6.07, 6.45) is 2.22. The molecule has 0 fully saturated rings. The van der Waals surface area contributed by atoms with Crippen molar-refractivity contribution in [3.05, 3.63) is 23.8 Å². The predicted molar refractivity (Wildman–Crippen MR) is 89.5 cm³/mol. The molecule has 5 heteroatoms. The van der Waals surface area contributed by atoms with E-state index in [2.05, 4.69) is 31.0 Å². The van der Waals surface area contributed by atoms with Crippen LogP contribution in [-0.4, -0.2) is 36.5 Å². The minimum atomic E-state index is -0.458. The molecule has 1 atom stereocenters. The Morgan fingerprint density at radius 1 is 1.33 bits per heavy atom. The third-order valence-corrected chi connectivity index (χ3v) is 3.74. The van der Waals surface area contributed by atoms with Crippen LogP contribution in [0.1, 0.15) is 44.0 Å². The molecular formula is C16H28N4O. The van der Waals surface area contributed by atoms with E-state index in [1.807, 2.05) is 6.07 Å². The number of amides is 1. The van der Waals surface area contributed by atoms with Gasteiger partial charge >= 0.3 is 0 Å². The van der Waals surface area contributed by atoms with Crippen molar-refractivity contribution in [3.8, 4) is 0 Å². The zero-order valence-electron chi connectivity index (χ0n) is 13.4. The van der Waals surface area contributed by atoms with Gasteiger partial charge in [0.15, 0.2) is 0 Å². The number of nitrogens with zero attached hydrogens (tertiary/aromatic N) is 1. The number of carbonyl (C=O) groups excluding carboxylic acids is 1. The molecule has 0 bridgehead atoms. The first-order valence-electron chi connectivity index (χ1n) is 7.66. The maximum atomic E-state index is 11.1. The number of rotatable bonds is 9. The SMILES string of the molecule is CCN(CC)CCCC(C)Nc1ccc(C(N)=O)cc1N. The van der Waals surface area contributed by atoms with Crippen molar-refractivity contribution in [2.24, 2.45) is 5.73 Å². The second-order valence-corrected chi connectivity index (χ2v) is 5.38. The molecule has 0 saturated carbocycles. The van der Waals surface area contributed by atoms with Gasteiger partial charge in [-0.1, -0.05) is 13.8 Å². The van der Waals surface area contributed by atoms with Crippen LogP contribution in [0.25, 0.3) is 0 Å². The topological polar surface area (TPSA) is 84.4 Å². The number of nitrogens with two attached hydrogens (primary N) is 2. The van der Waals surface area contributed by atoms with Crippen molar-refractivity contribution in [1.82, 2.24) is 4.90 Å². The molecule has 1 unspecified atom stereocenters. The van der Waals surface area contributed by atoms with Gasteiger partial charge in [0.1, 0.15) is 0 Å². The number of benzene rings is 1. The Kier molecular flexibility index (Phi) is 7.02. The third-order valence-electron chi connectivity index (χ3n) is 3.74. The monoisotopic (exact) mass is 292 g/mol. The van der Waals surface area contributed by atoms with Crippen molar-refractivity contribution >= 4 is 17.3 Å². The van der Waals surface area contributed by atoms with Gasteiger partial charge in [0.25, 0.3) is 0 Å². The number of anilines is 2. The maximum absolute atomic E-state index is 11.1. The van der Waals surface area contributed by atoms with E-state index in [9.17, 15) is 4.79 Å². The zero-order valence-corrected chi connectivity index (χ0v) is 13.4. The van der Waals surface area contributed by atoms with Crippen LogP contribution < -0.4 is 16.8 Å². The highest BCUT2D eigenvalue weighted by molar-refractivity contribution is 5.94. The number of nitrogens with one attached hydrogen (secondary N) is 1. The molecule has 0 aliphatic heterocycles. The normalized spacial score (nSPS) is 12.4. The number of hydrogen-bond donors (Lipinski definition) is 3. The van der Waals surface area contributed by atoms with E-state index in [-0.39, 0.29) is 0 Å². The molecule has 1 amide bonds. The fourth-order valence-corrected chi connectivity index (χ4v) is 2.35. The van der Waals surface area contributed by atoms with Crippen LogP contribution in [0.5, 0.6) is 0 Å². The summed E-state index contributed by atoms with van der Waals surface area (Å²) >= 11 is 0. The summed E-state index contributed by atoms with van der Waals surface area (Å²) in [5, 5.41) is 3.39. The average molecular weight is 292 g/mol. The quantitative estimate of drug-likeness (QED) is 0.610. The summed E-state index contributed by atoms with van der Waals surface area (Å²) in [5.74, 6) is -0.458. The molecule has 5 nitrogen and oxygen atoms in total. The van der Waals surface area contributed by atoms with Gasteiger partial charge in [-0.25, -0.2) is 0 Å². The van der Waals surface area contributed by atoms with Gasteiger partial charge in [0.2, 0.25) is 5.91 Å². The Morgan fingerprint density at radius 3 is 2.52 bits per heavy atom. The molecule has 1 aromatic carbocycles. The molecule has 5 N–H and O–H groups in total. The van der Waals surface area contributed by atoms with Gasteiger partial charge in [-0.2, -0.15) is 0 Å². The lowest BCUT2D eigenvalue weighted by Crippen LogP contribution is -2.25. The molecule has 21 heavy (non-hydrogen) atoms. The number of primary amides is 1.